The van der Waals surface area contributed by atoms with Gasteiger partial charge in [-0.25, -0.2) is 0 Å². The van der Waals surface area contributed by atoms with Crippen LogP contribution in [0.2, 0.25) is 5.02 Å². The number of carbonyl (C=O) groups excluding carboxylic acids is 5. The third-order valence-electron chi connectivity index (χ3n) is 10.2. The van der Waals surface area contributed by atoms with E-state index in [4.69, 9.17) is 25.8 Å². The normalized spacial score (nSPS) is 15.3. The molecule has 0 saturated heterocycles. The first-order valence-corrected chi connectivity index (χ1v) is 21.8. The van der Waals surface area contributed by atoms with Crippen LogP contribution in [0.1, 0.15) is 186 Å². The summed E-state index contributed by atoms with van der Waals surface area (Å²) in [6.07, 6.45) is 23.0. The van der Waals surface area contributed by atoms with E-state index in [1.165, 1.54) is 77.0 Å². The molecule has 0 unspecified atom stereocenters. The van der Waals surface area contributed by atoms with E-state index < -0.39 is 41.9 Å². The Bertz CT molecular complexity index is 1190. The molecule has 314 valence electrons. The van der Waals surface area contributed by atoms with Crippen LogP contribution < -0.4 is 10.4 Å². The van der Waals surface area contributed by atoms with Crippen molar-refractivity contribution < 1.29 is 48.6 Å². The fourth-order valence-corrected chi connectivity index (χ4v) is 7.17. The van der Waals surface area contributed by atoms with Gasteiger partial charge in [-0.15, -0.1) is 0 Å². The molecule has 55 heavy (non-hydrogen) atoms. The number of likely N-dealkylation sites (N-methyl/N-ethyl adjacent to an activating group) is 1. The van der Waals surface area contributed by atoms with Gasteiger partial charge in [-0.2, -0.15) is 0 Å². The quantitative estimate of drug-likeness (QED) is 0.0461. The van der Waals surface area contributed by atoms with E-state index in [9.17, 15) is 29.1 Å². The Morgan fingerprint density at radius 1 is 0.691 bits per heavy atom. The molecule has 2 rings (SSSR count). The van der Waals surface area contributed by atoms with Gasteiger partial charge in [-0.05, 0) is 38.2 Å². The van der Waals surface area contributed by atoms with Crippen LogP contribution in [0.15, 0.2) is 24.3 Å². The molecule has 0 radical (unpaired) electrons. The van der Waals surface area contributed by atoms with Crippen molar-refractivity contribution in [1.29, 1.82) is 0 Å². The predicted octanol–water partition coefficient (Wildman–Crippen LogP) is 8.23. The van der Waals surface area contributed by atoms with E-state index in [-0.39, 0.29) is 32.5 Å². The van der Waals surface area contributed by atoms with Crippen LogP contribution in [-0.4, -0.2) is 56.0 Å². The summed E-state index contributed by atoms with van der Waals surface area (Å²) in [7, 11) is 1.96. The molecule has 0 spiro atoms. The number of benzene rings is 1. The molecule has 0 bridgehead atoms. The molecule has 1 aromatic rings. The van der Waals surface area contributed by atoms with Crippen LogP contribution in [0.25, 0.3) is 0 Å². The third-order valence-corrected chi connectivity index (χ3v) is 10.6. The fraction of sp³-hybridized carbons (Fsp3) is 0.750. The monoisotopic (exact) mass is 793 g/mol. The number of rotatable bonds is 30. The van der Waals surface area contributed by atoms with Crippen LogP contribution in [0.3, 0.4) is 0 Å². The standard InChI is InChI=1S/C31H56O8.C13H16ClNO/c1-3-5-7-9-11-13-15-17-19-21-29(34)37-25-27(39-31(36)24-23-28(32)33)26-38-30(35)22-20-18-16-14-12-10-8-6-4-2;1-15-13(9-5-4-8-12(13)16)10-6-2-3-7-11(10)14/h27H,3-26H2,1-2H3,(H,32,33);2-3,6-7,15H,4-5,8-9H2,1H3/t;13-/m.0/s1. The van der Waals surface area contributed by atoms with Crippen molar-refractivity contribution in [3.05, 3.63) is 34.9 Å². The second-order valence-corrected chi connectivity index (χ2v) is 15.3. The Morgan fingerprint density at radius 2 is 1.16 bits per heavy atom. The predicted molar refractivity (Wildman–Crippen MR) is 214 cm³/mol. The van der Waals surface area contributed by atoms with Crippen LogP contribution in [-0.2, 0) is 43.7 Å². The molecule has 1 atom stereocenters. The number of carboxylic acid groups (broad SMARTS) is 1. The zero-order valence-electron chi connectivity index (χ0n) is 34.3. The smallest absolute Gasteiger partial charge is 0.306 e. The number of unbranched alkanes of at least 4 members (excludes halogenated alkanes) is 16. The molecule has 10 nitrogen and oxygen atoms in total. The number of carboxylic acids is 1. The molecular weight excluding hydrogens is 722 g/mol. The van der Waals surface area contributed by atoms with E-state index in [0.717, 1.165) is 63.4 Å². The minimum absolute atomic E-state index is 0.237. The summed E-state index contributed by atoms with van der Waals surface area (Å²) in [4.78, 5) is 59.1. The highest BCUT2D eigenvalue weighted by Gasteiger charge is 2.45. The molecule has 1 aromatic carbocycles. The van der Waals surface area contributed by atoms with Crippen LogP contribution in [0, 0.1) is 0 Å². The highest BCUT2D eigenvalue weighted by atomic mass is 35.5. The number of hydrogen-bond donors (Lipinski definition) is 1. The number of carbonyl (C=O) groups is 5. The molecular formula is C44H72ClNO9. The first-order chi connectivity index (χ1) is 26.6. The number of ketones is 1. The molecule has 0 heterocycles. The molecule has 0 aromatic heterocycles. The van der Waals surface area contributed by atoms with Gasteiger partial charge < -0.3 is 29.4 Å². The zero-order chi connectivity index (χ0) is 40.6. The molecule has 0 amide bonds. The van der Waals surface area contributed by atoms with Gasteiger partial charge >= 0.3 is 17.9 Å². The van der Waals surface area contributed by atoms with Crippen LogP contribution in [0.4, 0.5) is 0 Å². The van der Waals surface area contributed by atoms with Gasteiger partial charge in [0.1, 0.15) is 13.2 Å². The van der Waals surface area contributed by atoms with Gasteiger partial charge in [0.25, 0.3) is 0 Å². The third kappa shape index (κ3) is 23.6. The molecule has 1 fully saturated rings. The van der Waals surface area contributed by atoms with E-state index >= 15 is 0 Å². The van der Waals surface area contributed by atoms with Gasteiger partial charge in [0.05, 0.1) is 18.5 Å². The maximum atomic E-state index is 12.2. The Morgan fingerprint density at radius 3 is 1.60 bits per heavy atom. The highest BCUT2D eigenvalue weighted by molar-refractivity contribution is 6.31. The van der Waals surface area contributed by atoms with Crippen LogP contribution >= 0.6 is 11.6 Å². The Kier molecular flexibility index (Phi) is 29.2. The number of nitrogens with two attached hydrogens (primary N) is 1. The zero-order valence-corrected chi connectivity index (χ0v) is 35.1. The highest BCUT2D eigenvalue weighted by Crippen LogP contribution is 2.34. The molecule has 1 saturated carbocycles. The number of esters is 3. The molecule has 1 aliphatic carbocycles. The lowest BCUT2D eigenvalue weighted by molar-refractivity contribution is -0.698. The summed E-state index contributed by atoms with van der Waals surface area (Å²) in [5.41, 5.74) is 0.542. The summed E-state index contributed by atoms with van der Waals surface area (Å²) in [6, 6.07) is 7.70. The Labute approximate surface area is 336 Å². The maximum absolute atomic E-state index is 12.2. The van der Waals surface area contributed by atoms with Gasteiger partial charge in [0.2, 0.25) is 0 Å². The minimum Gasteiger partial charge on any atom is -0.550 e. The minimum atomic E-state index is -1.36. The molecule has 11 heteroatoms. The summed E-state index contributed by atoms with van der Waals surface area (Å²) >= 11 is 6.22. The lowest BCUT2D eigenvalue weighted by atomic mass is 9.75. The average molecular weight is 795 g/mol. The van der Waals surface area contributed by atoms with E-state index in [0.29, 0.717) is 17.2 Å². The van der Waals surface area contributed by atoms with Crippen molar-refractivity contribution >= 4 is 41.3 Å². The molecule has 1 aliphatic rings. The van der Waals surface area contributed by atoms with E-state index in [2.05, 4.69) is 13.8 Å². The van der Waals surface area contributed by atoms with Gasteiger partial charge in [0.15, 0.2) is 17.4 Å². The van der Waals surface area contributed by atoms with Crippen LogP contribution in [0.5, 0.6) is 0 Å². The van der Waals surface area contributed by atoms with E-state index in [1.54, 1.807) is 0 Å². The maximum Gasteiger partial charge on any atom is 0.306 e. The second-order valence-electron chi connectivity index (χ2n) is 14.9. The number of hydrogen-bond acceptors (Lipinski definition) is 9. The summed E-state index contributed by atoms with van der Waals surface area (Å²) in [5.74, 6) is -2.60. The van der Waals surface area contributed by atoms with Gasteiger partial charge in [-0.3, -0.25) is 19.2 Å². The van der Waals surface area contributed by atoms with Crippen molar-refractivity contribution in [3.8, 4) is 0 Å². The fourth-order valence-electron chi connectivity index (χ4n) is 6.86. The molecule has 2 N–H and O–H groups in total. The molecule has 0 aliphatic heterocycles. The lowest BCUT2D eigenvalue weighted by Crippen LogP contribution is -2.94. The lowest BCUT2D eigenvalue weighted by Gasteiger charge is -2.33. The largest absolute Gasteiger partial charge is 0.550 e. The number of Topliss-reactive ketones (excluding diaryl/α,β-unsaturated/α-hetero) is 1. The van der Waals surface area contributed by atoms with Gasteiger partial charge in [0, 0.05) is 37.2 Å². The van der Waals surface area contributed by atoms with Crippen molar-refractivity contribution in [2.24, 2.45) is 0 Å². The van der Waals surface area contributed by atoms with Crippen molar-refractivity contribution in [2.45, 2.75) is 192 Å². The first kappa shape index (κ1) is 50.0. The number of ether oxygens (including phenoxy) is 3. The van der Waals surface area contributed by atoms with Crippen molar-refractivity contribution in [1.82, 2.24) is 0 Å². The summed E-state index contributed by atoms with van der Waals surface area (Å²) in [5, 5.41) is 13.3. The first-order valence-electron chi connectivity index (χ1n) is 21.4. The number of quaternary nitrogens is 1. The number of aliphatic carboxylic acids is 1. The summed E-state index contributed by atoms with van der Waals surface area (Å²) in [6.45, 7) is 3.93. The van der Waals surface area contributed by atoms with Gasteiger partial charge in [-0.1, -0.05) is 146 Å². The Hall–Kier alpha value is -2.98. The summed E-state index contributed by atoms with van der Waals surface area (Å²) < 4.78 is 15.7. The topological polar surface area (TPSA) is 153 Å². The second kappa shape index (κ2) is 32.1. The average Bonchev–Trinajstić information content (AvgIpc) is 3.17. The van der Waals surface area contributed by atoms with Crippen molar-refractivity contribution in [2.75, 3.05) is 20.3 Å². The number of halogens is 1. The van der Waals surface area contributed by atoms with Crippen molar-refractivity contribution in [3.63, 3.8) is 0 Å². The SMILES string of the molecule is CCCCCCCCCCCC(=O)OCC(COC(=O)CCCCCCCCCCC)OC(=O)CCC(=O)[O-].C[NH2+][C@]1(c2ccccc2Cl)CCCCC1=O. The van der Waals surface area contributed by atoms with E-state index in [1.807, 2.05) is 36.6 Å². The Balaban J connectivity index is 0.000000773.